The van der Waals surface area contributed by atoms with Crippen LogP contribution in [0.5, 0.6) is 0 Å². The van der Waals surface area contributed by atoms with E-state index in [1.165, 1.54) is 0 Å². The number of benzene rings is 1. The van der Waals surface area contributed by atoms with E-state index < -0.39 is 0 Å². The normalized spacial score (nSPS) is 15.1. The number of H-pyrrole nitrogens is 1. The molecule has 8 nitrogen and oxygen atoms in total. The highest BCUT2D eigenvalue weighted by atomic mass is 16.5. The fourth-order valence-electron chi connectivity index (χ4n) is 3.36. The molecule has 0 bridgehead atoms. The molecule has 144 valence electrons. The second kappa shape index (κ2) is 8.77. The van der Waals surface area contributed by atoms with E-state index in [4.69, 9.17) is 4.74 Å². The standard InChI is InChI=1S/C19H24N4O4/c1-27-10-2-7-20-18(25)13-5-8-23(9-6-13)19(26)14-3-4-15-16(11-14)21-22-17(15)12-24/h3-4,11-13H,2,5-10H2,1H3,(H,20,25)(H,21,22). The molecule has 1 aliphatic heterocycles. The molecule has 0 radical (unpaired) electrons. The Labute approximate surface area is 157 Å². The number of piperidine rings is 1. The fraction of sp³-hybridized carbons (Fsp3) is 0.474. The minimum atomic E-state index is -0.0773. The maximum atomic E-state index is 12.7. The molecule has 0 atom stereocenters. The molecule has 1 aromatic carbocycles. The maximum Gasteiger partial charge on any atom is 0.253 e. The number of aromatic nitrogens is 2. The SMILES string of the molecule is COCCCNC(=O)C1CCN(C(=O)c2ccc3c(C=O)[nH]nc3c2)CC1. The van der Waals surface area contributed by atoms with Crippen LogP contribution in [0.3, 0.4) is 0 Å². The number of rotatable bonds is 7. The Bertz CT molecular complexity index is 824. The summed E-state index contributed by atoms with van der Waals surface area (Å²) >= 11 is 0. The fourth-order valence-corrected chi connectivity index (χ4v) is 3.36. The van der Waals surface area contributed by atoms with Gasteiger partial charge in [-0.15, -0.1) is 0 Å². The molecule has 2 amide bonds. The lowest BCUT2D eigenvalue weighted by Gasteiger charge is -2.31. The molecule has 8 heteroatoms. The number of ether oxygens (including phenoxy) is 1. The monoisotopic (exact) mass is 372 g/mol. The lowest BCUT2D eigenvalue weighted by atomic mass is 9.95. The van der Waals surface area contributed by atoms with Crippen LogP contribution in [0.15, 0.2) is 18.2 Å². The predicted molar refractivity (Wildman–Crippen MR) is 99.6 cm³/mol. The van der Waals surface area contributed by atoms with Gasteiger partial charge < -0.3 is 15.0 Å². The molecule has 0 unspecified atom stereocenters. The Morgan fingerprint density at radius 3 is 2.85 bits per heavy atom. The van der Waals surface area contributed by atoms with Gasteiger partial charge in [0.25, 0.3) is 5.91 Å². The molecule has 1 fully saturated rings. The zero-order chi connectivity index (χ0) is 19.2. The van der Waals surface area contributed by atoms with Gasteiger partial charge in [0.1, 0.15) is 5.69 Å². The van der Waals surface area contributed by atoms with Crippen LogP contribution in [0.2, 0.25) is 0 Å². The summed E-state index contributed by atoms with van der Waals surface area (Å²) in [5, 5.41) is 10.4. The van der Waals surface area contributed by atoms with Crippen molar-refractivity contribution >= 4 is 29.0 Å². The maximum absolute atomic E-state index is 12.7. The van der Waals surface area contributed by atoms with Crippen molar-refractivity contribution in [3.8, 4) is 0 Å². The van der Waals surface area contributed by atoms with E-state index in [9.17, 15) is 14.4 Å². The van der Waals surface area contributed by atoms with Crippen molar-refractivity contribution in [3.05, 3.63) is 29.5 Å². The molecular formula is C19H24N4O4. The van der Waals surface area contributed by atoms with Gasteiger partial charge in [-0.05, 0) is 37.5 Å². The van der Waals surface area contributed by atoms with Crippen LogP contribution in [0.4, 0.5) is 0 Å². The van der Waals surface area contributed by atoms with E-state index >= 15 is 0 Å². The summed E-state index contributed by atoms with van der Waals surface area (Å²) in [5.41, 5.74) is 1.53. The molecule has 0 spiro atoms. The first-order valence-corrected chi connectivity index (χ1v) is 9.13. The van der Waals surface area contributed by atoms with Crippen LogP contribution in [0.1, 0.15) is 40.1 Å². The van der Waals surface area contributed by atoms with Gasteiger partial charge in [0.2, 0.25) is 5.91 Å². The predicted octanol–water partition coefficient (Wildman–Crippen LogP) is 1.38. The van der Waals surface area contributed by atoms with Crippen LogP contribution in [0, 0.1) is 5.92 Å². The molecule has 2 aromatic rings. The zero-order valence-electron chi connectivity index (χ0n) is 15.4. The van der Waals surface area contributed by atoms with Crippen molar-refractivity contribution in [2.24, 2.45) is 5.92 Å². The average Bonchev–Trinajstić information content (AvgIpc) is 3.13. The zero-order valence-corrected chi connectivity index (χ0v) is 15.4. The van der Waals surface area contributed by atoms with Gasteiger partial charge in [0.05, 0.1) is 5.52 Å². The highest BCUT2D eigenvalue weighted by molar-refractivity contribution is 6.01. The molecule has 2 N–H and O–H groups in total. The summed E-state index contributed by atoms with van der Waals surface area (Å²) < 4.78 is 4.97. The minimum absolute atomic E-state index is 0.0533. The van der Waals surface area contributed by atoms with Crippen LogP contribution in [-0.4, -0.2) is 66.5 Å². The first kappa shape index (κ1) is 19.0. The molecule has 3 rings (SSSR count). The van der Waals surface area contributed by atoms with Gasteiger partial charge in [-0.3, -0.25) is 19.5 Å². The highest BCUT2D eigenvalue weighted by Gasteiger charge is 2.27. The van der Waals surface area contributed by atoms with Crippen molar-refractivity contribution in [1.82, 2.24) is 20.4 Å². The van der Waals surface area contributed by atoms with E-state index in [1.807, 2.05) is 0 Å². The van der Waals surface area contributed by atoms with Gasteiger partial charge in [0, 0.05) is 50.2 Å². The Morgan fingerprint density at radius 1 is 1.37 bits per heavy atom. The number of nitrogens with one attached hydrogen (secondary N) is 2. The Hall–Kier alpha value is -2.74. The third-order valence-electron chi connectivity index (χ3n) is 4.93. The third kappa shape index (κ3) is 4.33. The van der Waals surface area contributed by atoms with Crippen LogP contribution < -0.4 is 5.32 Å². The molecule has 1 aliphatic rings. The summed E-state index contributed by atoms with van der Waals surface area (Å²) in [6, 6.07) is 5.13. The molecule has 2 heterocycles. The summed E-state index contributed by atoms with van der Waals surface area (Å²) in [6.45, 7) is 2.33. The number of hydrogen-bond acceptors (Lipinski definition) is 5. The Morgan fingerprint density at radius 2 is 2.15 bits per heavy atom. The Balaban J connectivity index is 1.55. The van der Waals surface area contributed by atoms with E-state index in [0.29, 0.717) is 67.5 Å². The second-order valence-electron chi connectivity index (χ2n) is 6.69. The number of carbonyl (C=O) groups is 3. The van der Waals surface area contributed by atoms with Crippen molar-refractivity contribution in [2.45, 2.75) is 19.3 Å². The quantitative estimate of drug-likeness (QED) is 0.564. The number of carbonyl (C=O) groups excluding carboxylic acids is 3. The Kier molecular flexibility index (Phi) is 6.18. The van der Waals surface area contributed by atoms with E-state index in [1.54, 1.807) is 30.2 Å². The van der Waals surface area contributed by atoms with Crippen molar-refractivity contribution in [2.75, 3.05) is 33.4 Å². The van der Waals surface area contributed by atoms with Gasteiger partial charge in [-0.2, -0.15) is 5.10 Å². The summed E-state index contributed by atoms with van der Waals surface area (Å²) in [5.74, 6) is -0.0791. The summed E-state index contributed by atoms with van der Waals surface area (Å²) in [6.07, 6.45) is 2.81. The molecule has 0 saturated carbocycles. The van der Waals surface area contributed by atoms with Crippen molar-refractivity contribution in [3.63, 3.8) is 0 Å². The number of aromatic amines is 1. The van der Waals surface area contributed by atoms with E-state index in [-0.39, 0.29) is 17.7 Å². The topological polar surface area (TPSA) is 104 Å². The number of fused-ring (bicyclic) bond motifs is 1. The largest absolute Gasteiger partial charge is 0.385 e. The highest BCUT2D eigenvalue weighted by Crippen LogP contribution is 2.21. The number of hydrogen-bond donors (Lipinski definition) is 2. The van der Waals surface area contributed by atoms with Gasteiger partial charge >= 0.3 is 0 Å². The van der Waals surface area contributed by atoms with Crippen molar-refractivity contribution in [1.29, 1.82) is 0 Å². The summed E-state index contributed by atoms with van der Waals surface area (Å²) in [4.78, 5) is 37.6. The molecular weight excluding hydrogens is 348 g/mol. The van der Waals surface area contributed by atoms with Crippen LogP contribution in [0.25, 0.3) is 10.9 Å². The van der Waals surface area contributed by atoms with Gasteiger partial charge in [-0.25, -0.2) is 0 Å². The number of aldehydes is 1. The van der Waals surface area contributed by atoms with E-state index in [0.717, 1.165) is 6.42 Å². The number of likely N-dealkylation sites (tertiary alicyclic amines) is 1. The first-order chi connectivity index (χ1) is 13.1. The van der Waals surface area contributed by atoms with Crippen LogP contribution in [-0.2, 0) is 9.53 Å². The molecule has 27 heavy (non-hydrogen) atoms. The first-order valence-electron chi connectivity index (χ1n) is 9.13. The summed E-state index contributed by atoms with van der Waals surface area (Å²) in [7, 11) is 1.64. The third-order valence-corrected chi connectivity index (χ3v) is 4.93. The smallest absolute Gasteiger partial charge is 0.253 e. The van der Waals surface area contributed by atoms with Crippen molar-refractivity contribution < 1.29 is 19.1 Å². The van der Waals surface area contributed by atoms with Gasteiger partial charge in [-0.1, -0.05) is 0 Å². The molecule has 1 aromatic heterocycles. The number of amides is 2. The number of nitrogens with zero attached hydrogens (tertiary/aromatic N) is 2. The molecule has 0 aliphatic carbocycles. The van der Waals surface area contributed by atoms with Gasteiger partial charge in [0.15, 0.2) is 6.29 Å². The number of methoxy groups -OCH3 is 1. The van der Waals surface area contributed by atoms with Crippen LogP contribution >= 0.6 is 0 Å². The second-order valence-corrected chi connectivity index (χ2v) is 6.69. The lowest BCUT2D eigenvalue weighted by Crippen LogP contribution is -2.43. The average molecular weight is 372 g/mol. The van der Waals surface area contributed by atoms with E-state index in [2.05, 4.69) is 15.5 Å². The molecule has 1 saturated heterocycles. The minimum Gasteiger partial charge on any atom is -0.385 e. The lowest BCUT2D eigenvalue weighted by molar-refractivity contribution is -0.126.